The number of aliphatic carboxylic acids is 1. The Morgan fingerprint density at radius 2 is 1.12 bits per heavy atom. The number of carboxylic acids is 1. The normalized spacial score (nSPS) is 10.6. The Morgan fingerprint density at radius 1 is 0.750 bits per heavy atom. The van der Waals surface area contributed by atoms with Crippen molar-refractivity contribution >= 4 is 5.97 Å². The van der Waals surface area contributed by atoms with Crippen LogP contribution in [0.4, 0.5) is 0 Å². The third-order valence-corrected chi connectivity index (χ3v) is 2.89. The van der Waals surface area contributed by atoms with Crippen LogP contribution in [0.1, 0.15) is 77.0 Å². The lowest BCUT2D eigenvalue weighted by Gasteiger charge is -2.02. The van der Waals surface area contributed by atoms with Gasteiger partial charge in [0.25, 0.3) is 0 Å². The zero-order valence-corrected chi connectivity index (χ0v) is 10.5. The molecule has 0 amide bonds. The van der Waals surface area contributed by atoms with Gasteiger partial charge in [-0.15, -0.1) is 0 Å². The highest BCUT2D eigenvalue weighted by molar-refractivity contribution is 5.66. The van der Waals surface area contributed by atoms with Crippen LogP contribution < -0.4 is 0 Å². The molecule has 0 atom stereocenters. The fourth-order valence-electron chi connectivity index (χ4n) is 1.87. The topological polar surface area (TPSA) is 37.3 Å². The van der Waals surface area contributed by atoms with E-state index in [4.69, 9.17) is 5.11 Å². The Kier molecular flexibility index (Phi) is 12.1. The Bertz CT molecular complexity index is 155. The highest BCUT2D eigenvalue weighted by atomic mass is 16.4. The van der Waals surface area contributed by atoms with E-state index in [9.17, 15) is 4.79 Å². The van der Waals surface area contributed by atoms with E-state index in [-0.39, 0.29) is 0 Å². The molecule has 1 N–H and O–H groups in total. The fourth-order valence-corrected chi connectivity index (χ4v) is 1.87. The first-order chi connectivity index (χ1) is 7.77. The van der Waals surface area contributed by atoms with Crippen molar-refractivity contribution in [1.82, 2.24) is 0 Å². The van der Waals surface area contributed by atoms with Crippen molar-refractivity contribution in [2.24, 2.45) is 0 Å². The van der Waals surface area contributed by atoms with Crippen LogP contribution in [0.3, 0.4) is 0 Å². The minimum Gasteiger partial charge on any atom is -0.481 e. The van der Waals surface area contributed by atoms with Crippen LogP contribution in [0.25, 0.3) is 0 Å². The third-order valence-electron chi connectivity index (χ3n) is 2.89. The first-order valence-electron chi connectivity index (χ1n) is 6.78. The Balaban J connectivity index is 2.90. The lowest BCUT2D eigenvalue weighted by atomic mass is 10.1. The van der Waals surface area contributed by atoms with Crippen LogP contribution in [-0.2, 0) is 4.79 Å². The fraction of sp³-hybridized carbons (Fsp3) is 0.857. The van der Waals surface area contributed by atoms with Crippen molar-refractivity contribution in [1.29, 1.82) is 0 Å². The molecule has 0 aliphatic heterocycles. The molecule has 0 aliphatic rings. The summed E-state index contributed by atoms with van der Waals surface area (Å²) >= 11 is 0. The summed E-state index contributed by atoms with van der Waals surface area (Å²) < 4.78 is 0. The van der Waals surface area contributed by atoms with Gasteiger partial charge in [0.05, 0.1) is 0 Å². The molecule has 0 spiro atoms. The van der Waals surface area contributed by atoms with Gasteiger partial charge in [-0.2, -0.15) is 6.42 Å². The molecule has 0 fully saturated rings. The zero-order chi connectivity index (χ0) is 12.1. The summed E-state index contributed by atoms with van der Waals surface area (Å²) in [6.07, 6.45) is 13.8. The highest BCUT2D eigenvalue weighted by Crippen LogP contribution is 2.11. The smallest absolute Gasteiger partial charge is 0.303 e. The number of carbonyl (C=O) groups is 1. The summed E-state index contributed by atoms with van der Waals surface area (Å²) in [4.78, 5) is 10.3. The van der Waals surface area contributed by atoms with Crippen molar-refractivity contribution in [3.05, 3.63) is 6.92 Å². The van der Waals surface area contributed by atoms with E-state index in [0.717, 1.165) is 19.3 Å². The van der Waals surface area contributed by atoms with Gasteiger partial charge in [0, 0.05) is 6.42 Å². The van der Waals surface area contributed by atoms with Crippen LogP contribution in [-0.4, -0.2) is 11.1 Å². The van der Waals surface area contributed by atoms with E-state index in [1.165, 1.54) is 51.4 Å². The summed E-state index contributed by atoms with van der Waals surface area (Å²) in [7, 11) is 0. The average Bonchev–Trinajstić information content (AvgIpc) is 2.25. The molecule has 0 aliphatic carbocycles. The Hall–Kier alpha value is -0.530. The summed E-state index contributed by atoms with van der Waals surface area (Å²) in [5, 5.41) is 8.45. The molecule has 0 bridgehead atoms. The third kappa shape index (κ3) is 13.5. The molecule has 0 aromatic heterocycles. The monoisotopic (exact) mass is 227 g/mol. The van der Waals surface area contributed by atoms with Crippen molar-refractivity contribution in [2.75, 3.05) is 0 Å². The maximum Gasteiger partial charge on any atom is 0.303 e. The maximum atomic E-state index is 10.3. The first kappa shape index (κ1) is 15.5. The Labute approximate surface area is 100 Å². The highest BCUT2D eigenvalue weighted by Gasteiger charge is 1.96. The molecule has 0 rings (SSSR count). The summed E-state index contributed by atoms with van der Waals surface area (Å²) in [5.41, 5.74) is 0. The molecule has 0 unspecified atom stereocenters. The number of unbranched alkanes of at least 4 members (excludes halogenated alkanes) is 10. The van der Waals surface area contributed by atoms with Gasteiger partial charge in [-0.3, -0.25) is 4.79 Å². The van der Waals surface area contributed by atoms with Gasteiger partial charge >= 0.3 is 5.97 Å². The van der Waals surface area contributed by atoms with E-state index in [1.54, 1.807) is 0 Å². The van der Waals surface area contributed by atoms with Gasteiger partial charge in [-0.1, -0.05) is 57.8 Å². The molecule has 16 heavy (non-hydrogen) atoms. The molecule has 0 heterocycles. The van der Waals surface area contributed by atoms with E-state index in [1.807, 2.05) is 0 Å². The van der Waals surface area contributed by atoms with Crippen molar-refractivity contribution in [3.63, 3.8) is 0 Å². The number of rotatable bonds is 12. The van der Waals surface area contributed by atoms with Crippen molar-refractivity contribution in [2.45, 2.75) is 77.0 Å². The van der Waals surface area contributed by atoms with Crippen molar-refractivity contribution < 1.29 is 9.90 Å². The Morgan fingerprint density at radius 3 is 1.50 bits per heavy atom. The zero-order valence-electron chi connectivity index (χ0n) is 10.5. The number of hydrogen-bond donors (Lipinski definition) is 1. The van der Waals surface area contributed by atoms with E-state index in [0.29, 0.717) is 6.42 Å². The lowest BCUT2D eigenvalue weighted by molar-refractivity contribution is -0.137. The first-order valence-corrected chi connectivity index (χ1v) is 6.78. The van der Waals surface area contributed by atoms with Crippen LogP contribution >= 0.6 is 0 Å². The molecule has 0 radical (unpaired) electrons. The van der Waals surface area contributed by atoms with Gasteiger partial charge in [0.15, 0.2) is 0 Å². The minimum atomic E-state index is -0.662. The van der Waals surface area contributed by atoms with Crippen LogP contribution in [0.2, 0.25) is 0 Å². The standard InChI is InChI=1S/C14H27O2/c1-2-3-4-5-6-7-8-9-10-11-12-13-14(15)16/h1-13H2,(H,15,16)/q-1. The van der Waals surface area contributed by atoms with E-state index >= 15 is 0 Å². The van der Waals surface area contributed by atoms with Crippen molar-refractivity contribution in [3.8, 4) is 0 Å². The molecule has 0 saturated carbocycles. The largest absolute Gasteiger partial charge is 0.481 e. The molecule has 96 valence electrons. The molecular weight excluding hydrogens is 200 g/mol. The molecule has 2 nitrogen and oxygen atoms in total. The van der Waals surface area contributed by atoms with Crippen LogP contribution in [0.15, 0.2) is 0 Å². The second kappa shape index (κ2) is 12.5. The summed E-state index contributed by atoms with van der Waals surface area (Å²) in [6.45, 7) is 3.83. The number of hydrogen-bond acceptors (Lipinski definition) is 1. The van der Waals surface area contributed by atoms with Crippen LogP contribution in [0.5, 0.6) is 0 Å². The molecule has 0 aromatic carbocycles. The predicted octanol–water partition coefficient (Wildman–Crippen LogP) is 4.59. The summed E-state index contributed by atoms with van der Waals surface area (Å²) in [6, 6.07) is 0. The number of carboxylic acid groups (broad SMARTS) is 1. The summed E-state index contributed by atoms with van der Waals surface area (Å²) in [5.74, 6) is -0.662. The molecular formula is C14H27O2-. The van der Waals surface area contributed by atoms with E-state index < -0.39 is 5.97 Å². The molecule has 0 aromatic rings. The quantitative estimate of drug-likeness (QED) is 0.391. The van der Waals surface area contributed by atoms with Gasteiger partial charge in [0.2, 0.25) is 0 Å². The van der Waals surface area contributed by atoms with Crippen LogP contribution in [0, 0.1) is 6.92 Å². The van der Waals surface area contributed by atoms with Gasteiger partial charge in [-0.25, -0.2) is 0 Å². The van der Waals surface area contributed by atoms with Gasteiger partial charge < -0.3 is 12.0 Å². The average molecular weight is 227 g/mol. The second-order valence-corrected chi connectivity index (χ2v) is 4.53. The van der Waals surface area contributed by atoms with Gasteiger partial charge in [0.1, 0.15) is 0 Å². The minimum absolute atomic E-state index is 0.338. The van der Waals surface area contributed by atoms with Gasteiger partial charge in [-0.05, 0) is 6.42 Å². The SMILES string of the molecule is [CH2-]CCCCCCCCCCCCC(=O)O. The lowest BCUT2D eigenvalue weighted by Crippen LogP contribution is -1.93. The molecule has 2 heteroatoms. The molecule has 0 saturated heterocycles. The maximum absolute atomic E-state index is 10.3. The second-order valence-electron chi connectivity index (χ2n) is 4.53. The van der Waals surface area contributed by atoms with E-state index in [2.05, 4.69) is 6.92 Å². The predicted molar refractivity (Wildman–Crippen MR) is 68.4 cm³/mol.